The zero-order chi connectivity index (χ0) is 19.5. The Bertz CT molecular complexity index is 951. The van der Waals surface area contributed by atoms with E-state index in [0.29, 0.717) is 0 Å². The van der Waals surface area contributed by atoms with E-state index in [1.165, 1.54) is 15.8 Å². The number of thiazole rings is 1. The first-order chi connectivity index (χ1) is 13.7. The van der Waals surface area contributed by atoms with Crippen molar-refractivity contribution in [1.82, 2.24) is 9.88 Å². The number of methoxy groups -OCH3 is 1. The van der Waals surface area contributed by atoms with Gasteiger partial charge in [-0.25, -0.2) is 4.98 Å². The molecule has 0 amide bonds. The summed E-state index contributed by atoms with van der Waals surface area (Å²) in [5, 5.41) is 1.14. The van der Waals surface area contributed by atoms with Crippen LogP contribution in [-0.2, 0) is 11.2 Å². The third-order valence-electron chi connectivity index (χ3n) is 5.64. The van der Waals surface area contributed by atoms with Crippen LogP contribution in [0.3, 0.4) is 0 Å². The monoisotopic (exact) mass is 394 g/mol. The summed E-state index contributed by atoms with van der Waals surface area (Å²) in [7, 11) is 1.69. The maximum Gasteiger partial charge on any atom is 0.123 e. The molecule has 5 heteroatoms. The molecule has 0 bridgehead atoms. The minimum absolute atomic E-state index is 0.135. The number of hydrogen-bond donors (Lipinski definition) is 0. The van der Waals surface area contributed by atoms with Gasteiger partial charge in [0.25, 0.3) is 0 Å². The maximum absolute atomic E-state index is 11.5. The largest absolute Gasteiger partial charge is 0.497 e. The summed E-state index contributed by atoms with van der Waals surface area (Å²) in [6, 6.07) is 14.9. The van der Waals surface area contributed by atoms with Gasteiger partial charge < -0.3 is 9.53 Å². The summed E-state index contributed by atoms with van der Waals surface area (Å²) in [5.74, 6) is 1.02. The fourth-order valence-electron chi connectivity index (χ4n) is 3.95. The van der Waals surface area contributed by atoms with Crippen LogP contribution in [0.25, 0.3) is 10.2 Å². The molecule has 1 saturated heterocycles. The zero-order valence-corrected chi connectivity index (χ0v) is 17.2. The highest BCUT2D eigenvalue weighted by Crippen LogP contribution is 2.37. The Labute approximate surface area is 170 Å². The molecule has 2 heterocycles. The van der Waals surface area contributed by atoms with Crippen LogP contribution >= 0.6 is 11.3 Å². The highest BCUT2D eigenvalue weighted by atomic mass is 32.1. The average Bonchev–Trinajstić information content (AvgIpc) is 3.15. The van der Waals surface area contributed by atoms with E-state index in [9.17, 15) is 4.79 Å². The van der Waals surface area contributed by atoms with Crippen molar-refractivity contribution in [3.63, 3.8) is 0 Å². The van der Waals surface area contributed by atoms with Crippen LogP contribution in [-0.4, -0.2) is 36.4 Å². The minimum Gasteiger partial charge on any atom is -0.497 e. The number of aryl methyl sites for hydroxylation is 1. The number of likely N-dealkylation sites (tertiary alicyclic amines) is 1. The van der Waals surface area contributed by atoms with Crippen LogP contribution in [0.15, 0.2) is 42.5 Å². The van der Waals surface area contributed by atoms with Crippen LogP contribution in [0.2, 0.25) is 0 Å². The minimum atomic E-state index is 0.135. The second-order valence-electron chi connectivity index (χ2n) is 7.59. The molecule has 0 N–H and O–H groups in total. The van der Waals surface area contributed by atoms with Crippen molar-refractivity contribution in [2.45, 2.75) is 32.2 Å². The van der Waals surface area contributed by atoms with E-state index in [-0.39, 0.29) is 12.0 Å². The Kier molecular flexibility index (Phi) is 5.74. The van der Waals surface area contributed by atoms with Gasteiger partial charge in [0.2, 0.25) is 0 Å². The van der Waals surface area contributed by atoms with Gasteiger partial charge in [-0.3, -0.25) is 4.90 Å². The number of piperidine rings is 1. The van der Waals surface area contributed by atoms with Gasteiger partial charge in [-0.05, 0) is 68.1 Å². The van der Waals surface area contributed by atoms with E-state index in [2.05, 4.69) is 42.2 Å². The third kappa shape index (κ3) is 4.10. The lowest BCUT2D eigenvalue weighted by Crippen LogP contribution is -2.38. The van der Waals surface area contributed by atoms with E-state index in [1.807, 2.05) is 12.1 Å². The first-order valence-electron chi connectivity index (χ1n) is 9.85. The molecular formula is C23H26N2O2S. The molecular weight excluding hydrogens is 368 g/mol. The number of aldehydes is 1. The highest BCUT2D eigenvalue weighted by Gasteiger charge is 2.31. The predicted molar refractivity (Wildman–Crippen MR) is 114 cm³/mol. The molecule has 146 valence electrons. The lowest BCUT2D eigenvalue weighted by atomic mass is 9.92. The highest BCUT2D eigenvalue weighted by molar-refractivity contribution is 7.18. The van der Waals surface area contributed by atoms with Crippen LogP contribution in [0.1, 0.15) is 35.0 Å². The summed E-state index contributed by atoms with van der Waals surface area (Å²) in [6.07, 6.45) is 3.92. The van der Waals surface area contributed by atoms with Crippen LogP contribution in [0, 0.1) is 12.8 Å². The summed E-state index contributed by atoms with van der Waals surface area (Å²) in [5.41, 5.74) is 3.62. The number of carbonyl (C=O) groups is 1. The van der Waals surface area contributed by atoms with E-state index in [0.717, 1.165) is 54.9 Å². The maximum atomic E-state index is 11.5. The Morgan fingerprint density at radius 1 is 1.25 bits per heavy atom. The molecule has 1 aliphatic heterocycles. The summed E-state index contributed by atoms with van der Waals surface area (Å²) >= 11 is 1.78. The average molecular weight is 395 g/mol. The van der Waals surface area contributed by atoms with Gasteiger partial charge in [0.15, 0.2) is 0 Å². The van der Waals surface area contributed by atoms with Crippen molar-refractivity contribution in [1.29, 1.82) is 0 Å². The second kappa shape index (κ2) is 8.41. The molecule has 1 fully saturated rings. The van der Waals surface area contributed by atoms with E-state index < -0.39 is 0 Å². The smallest absolute Gasteiger partial charge is 0.123 e. The molecule has 3 aromatic rings. The number of nitrogens with zero attached hydrogens (tertiary/aromatic N) is 2. The molecule has 1 aliphatic rings. The molecule has 28 heavy (non-hydrogen) atoms. The zero-order valence-electron chi connectivity index (χ0n) is 16.4. The lowest BCUT2D eigenvalue weighted by Gasteiger charge is -2.37. The van der Waals surface area contributed by atoms with Crippen LogP contribution in [0.5, 0.6) is 5.75 Å². The van der Waals surface area contributed by atoms with Gasteiger partial charge in [-0.15, -0.1) is 11.3 Å². The molecule has 2 aromatic carbocycles. The molecule has 4 nitrogen and oxygen atoms in total. The van der Waals surface area contributed by atoms with E-state index in [1.54, 1.807) is 18.4 Å². The van der Waals surface area contributed by atoms with Crippen molar-refractivity contribution in [2.24, 2.45) is 5.92 Å². The number of aromatic nitrogens is 1. The third-order valence-corrected chi connectivity index (χ3v) is 6.76. The van der Waals surface area contributed by atoms with Gasteiger partial charge in [0.05, 0.1) is 23.4 Å². The molecule has 2 atom stereocenters. The molecule has 1 aromatic heterocycles. The van der Waals surface area contributed by atoms with Crippen molar-refractivity contribution in [3.8, 4) is 5.75 Å². The molecule has 0 aliphatic carbocycles. The SMILES string of the molecule is COc1ccc(CCN2CCC(C=O)CC2c2nc3ccc(C)cc3s2)cc1. The van der Waals surface area contributed by atoms with Gasteiger partial charge in [-0.2, -0.15) is 0 Å². The number of carbonyl (C=O) groups excluding carboxylic acids is 1. The summed E-state index contributed by atoms with van der Waals surface area (Å²) < 4.78 is 6.48. The fourth-order valence-corrected chi connectivity index (χ4v) is 5.16. The normalized spacial score (nSPS) is 20.4. The quantitative estimate of drug-likeness (QED) is 0.563. The Morgan fingerprint density at radius 3 is 2.82 bits per heavy atom. The van der Waals surface area contributed by atoms with Gasteiger partial charge in [0.1, 0.15) is 17.0 Å². The molecule has 4 rings (SSSR count). The first kappa shape index (κ1) is 19.1. The topological polar surface area (TPSA) is 42.4 Å². The predicted octanol–water partition coefficient (Wildman–Crippen LogP) is 4.81. The Morgan fingerprint density at radius 2 is 2.07 bits per heavy atom. The number of ether oxygens (including phenoxy) is 1. The van der Waals surface area contributed by atoms with E-state index in [4.69, 9.17) is 9.72 Å². The number of fused-ring (bicyclic) bond motifs is 1. The van der Waals surface area contributed by atoms with E-state index >= 15 is 0 Å². The van der Waals surface area contributed by atoms with Crippen molar-refractivity contribution in [2.75, 3.05) is 20.2 Å². The Balaban J connectivity index is 1.54. The fraction of sp³-hybridized carbons (Fsp3) is 0.391. The second-order valence-corrected chi connectivity index (χ2v) is 8.66. The van der Waals surface area contributed by atoms with Gasteiger partial charge >= 0.3 is 0 Å². The lowest BCUT2D eigenvalue weighted by molar-refractivity contribution is -0.113. The standard InChI is InChI=1S/C23H26N2O2S/c1-16-3-8-20-22(13-16)28-23(24-20)21-14-18(15-26)10-12-25(21)11-9-17-4-6-19(27-2)7-5-17/h3-8,13,15,18,21H,9-12,14H2,1-2H3. The van der Waals surface area contributed by atoms with Gasteiger partial charge in [-0.1, -0.05) is 18.2 Å². The number of rotatable bonds is 6. The summed E-state index contributed by atoms with van der Waals surface area (Å²) in [6.45, 7) is 4.03. The molecule has 0 spiro atoms. The Hall–Kier alpha value is -2.24. The summed E-state index contributed by atoms with van der Waals surface area (Å²) in [4.78, 5) is 18.9. The van der Waals surface area contributed by atoms with Crippen molar-refractivity contribution < 1.29 is 9.53 Å². The first-order valence-corrected chi connectivity index (χ1v) is 10.7. The number of hydrogen-bond acceptors (Lipinski definition) is 5. The van der Waals surface area contributed by atoms with Crippen LogP contribution in [0.4, 0.5) is 0 Å². The van der Waals surface area contributed by atoms with Crippen LogP contribution < -0.4 is 4.74 Å². The van der Waals surface area contributed by atoms with Crippen molar-refractivity contribution in [3.05, 3.63) is 58.6 Å². The number of benzene rings is 2. The molecule has 0 radical (unpaired) electrons. The molecule has 0 saturated carbocycles. The van der Waals surface area contributed by atoms with Gasteiger partial charge in [0, 0.05) is 12.5 Å². The van der Waals surface area contributed by atoms with Crippen molar-refractivity contribution >= 4 is 27.8 Å². The molecule has 2 unspecified atom stereocenters.